The number of fused-ring (bicyclic) bond motifs is 1. The van der Waals surface area contributed by atoms with E-state index in [4.69, 9.17) is 5.11 Å². The number of nitrogens with zero attached hydrogens (tertiary/aromatic N) is 5. The molecule has 2 aromatic heterocycles. The van der Waals surface area contributed by atoms with Crippen LogP contribution in [0.3, 0.4) is 0 Å². The van der Waals surface area contributed by atoms with E-state index in [0.29, 0.717) is 24.6 Å². The van der Waals surface area contributed by atoms with Gasteiger partial charge in [0, 0.05) is 25.5 Å². The molecule has 0 bridgehead atoms. The topological polar surface area (TPSA) is 83.6 Å². The summed E-state index contributed by atoms with van der Waals surface area (Å²) >= 11 is 0. The van der Waals surface area contributed by atoms with Gasteiger partial charge in [-0.15, -0.1) is 10.2 Å². The number of aromatic nitrogens is 4. The van der Waals surface area contributed by atoms with Gasteiger partial charge in [0.1, 0.15) is 5.82 Å². The van der Waals surface area contributed by atoms with Gasteiger partial charge in [0.25, 0.3) is 0 Å². The van der Waals surface area contributed by atoms with Gasteiger partial charge < -0.3 is 10.0 Å². The zero-order chi connectivity index (χ0) is 14.0. The van der Waals surface area contributed by atoms with Gasteiger partial charge >= 0.3 is 5.97 Å². The molecule has 1 N–H and O–H groups in total. The molecule has 0 aliphatic carbocycles. The number of carboxylic acid groups (broad SMARTS) is 1. The predicted octanol–water partition coefficient (Wildman–Crippen LogP) is 0.980. The van der Waals surface area contributed by atoms with Gasteiger partial charge in [-0.1, -0.05) is 6.92 Å². The Morgan fingerprint density at radius 2 is 2.26 bits per heavy atom. The molecule has 2 aromatic rings. The van der Waals surface area contributed by atoms with Gasteiger partial charge in [-0.3, -0.25) is 9.20 Å². The molecule has 0 aliphatic rings. The Kier molecular flexibility index (Phi) is 3.64. The van der Waals surface area contributed by atoms with Gasteiger partial charge in [0.15, 0.2) is 5.82 Å². The minimum Gasteiger partial charge on any atom is -0.481 e. The van der Waals surface area contributed by atoms with Crippen LogP contribution in [-0.2, 0) is 4.79 Å². The molecule has 102 valence electrons. The quantitative estimate of drug-likeness (QED) is 0.865. The summed E-state index contributed by atoms with van der Waals surface area (Å²) in [4.78, 5) is 17.2. The molecule has 2 rings (SSSR count). The number of aliphatic carboxylic acids is 1. The molecular weight excluding hydrogens is 246 g/mol. The molecule has 0 saturated carbocycles. The fourth-order valence-electron chi connectivity index (χ4n) is 1.93. The van der Waals surface area contributed by atoms with E-state index in [1.165, 1.54) is 0 Å². The van der Waals surface area contributed by atoms with E-state index in [2.05, 4.69) is 15.2 Å². The van der Waals surface area contributed by atoms with Crippen LogP contribution in [0.4, 0.5) is 5.82 Å². The summed E-state index contributed by atoms with van der Waals surface area (Å²) in [6.07, 6.45) is 3.47. The minimum absolute atomic E-state index is 0.393. The molecule has 7 heteroatoms. The lowest BCUT2D eigenvalue weighted by Crippen LogP contribution is -2.32. The average Bonchev–Trinajstić information content (AvgIpc) is 2.77. The van der Waals surface area contributed by atoms with E-state index in [1.807, 2.05) is 23.1 Å². The molecule has 1 atom stereocenters. The van der Waals surface area contributed by atoms with Crippen LogP contribution in [0.1, 0.15) is 19.7 Å². The number of hydrogen-bond donors (Lipinski definition) is 1. The summed E-state index contributed by atoms with van der Waals surface area (Å²) in [5, 5.41) is 17.1. The molecule has 0 fully saturated rings. The highest BCUT2D eigenvalue weighted by Crippen LogP contribution is 2.18. The number of anilines is 1. The second-order valence-electron chi connectivity index (χ2n) is 4.47. The summed E-state index contributed by atoms with van der Waals surface area (Å²) in [7, 11) is 0. The summed E-state index contributed by atoms with van der Waals surface area (Å²) < 4.78 is 1.84. The zero-order valence-corrected chi connectivity index (χ0v) is 11.2. The fourth-order valence-corrected chi connectivity index (χ4v) is 1.93. The molecule has 0 aromatic carbocycles. The molecule has 1 unspecified atom stereocenters. The van der Waals surface area contributed by atoms with Crippen molar-refractivity contribution in [2.24, 2.45) is 5.92 Å². The summed E-state index contributed by atoms with van der Waals surface area (Å²) in [6, 6.07) is 0. The maximum Gasteiger partial charge on any atom is 0.308 e. The lowest BCUT2D eigenvalue weighted by atomic mass is 10.1. The van der Waals surface area contributed by atoms with Crippen LogP contribution in [0.15, 0.2) is 12.4 Å². The number of carboxylic acids is 1. The zero-order valence-electron chi connectivity index (χ0n) is 11.2. The Labute approximate surface area is 110 Å². The molecular formula is C12H17N5O2. The van der Waals surface area contributed by atoms with Crippen molar-refractivity contribution in [3.8, 4) is 0 Å². The Hall–Kier alpha value is -2.18. The van der Waals surface area contributed by atoms with Gasteiger partial charge in [0.2, 0.25) is 5.65 Å². The highest BCUT2D eigenvalue weighted by atomic mass is 16.4. The van der Waals surface area contributed by atoms with Crippen molar-refractivity contribution in [1.82, 2.24) is 19.6 Å². The van der Waals surface area contributed by atoms with E-state index in [0.717, 1.165) is 5.82 Å². The van der Waals surface area contributed by atoms with E-state index in [-0.39, 0.29) is 0 Å². The standard InChI is InChI=1S/C12H17N5O2/c1-4-16(7-8(2)12(18)19)10-11-15-14-9(3)17(11)6-5-13-10/h5-6,8H,4,7H2,1-3H3,(H,18,19). The molecule has 0 spiro atoms. The SMILES string of the molecule is CCN(CC(C)C(=O)O)c1nccn2c(C)nnc12. The third kappa shape index (κ3) is 2.49. The van der Waals surface area contributed by atoms with Gasteiger partial charge in [-0.2, -0.15) is 0 Å². The van der Waals surface area contributed by atoms with Crippen LogP contribution in [-0.4, -0.2) is 43.7 Å². The molecule has 0 aliphatic heterocycles. The molecule has 2 heterocycles. The molecule has 0 radical (unpaired) electrons. The molecule has 0 amide bonds. The molecule has 0 saturated heterocycles. The number of aryl methyl sites for hydroxylation is 1. The summed E-state index contributed by atoms with van der Waals surface area (Å²) in [5.74, 6) is 0.161. The van der Waals surface area contributed by atoms with Crippen molar-refractivity contribution in [2.75, 3.05) is 18.0 Å². The first-order chi connectivity index (χ1) is 9.04. The van der Waals surface area contributed by atoms with Crippen molar-refractivity contribution in [3.63, 3.8) is 0 Å². The van der Waals surface area contributed by atoms with E-state index in [9.17, 15) is 4.79 Å². The van der Waals surface area contributed by atoms with E-state index < -0.39 is 11.9 Å². The van der Waals surface area contributed by atoms with Crippen LogP contribution in [0, 0.1) is 12.8 Å². The van der Waals surface area contributed by atoms with Crippen molar-refractivity contribution >= 4 is 17.4 Å². The lowest BCUT2D eigenvalue weighted by molar-refractivity contribution is -0.140. The highest BCUT2D eigenvalue weighted by Gasteiger charge is 2.19. The number of hydrogen-bond acceptors (Lipinski definition) is 5. The second kappa shape index (κ2) is 5.21. The van der Waals surface area contributed by atoms with Gasteiger partial charge in [-0.05, 0) is 13.8 Å². The maximum absolute atomic E-state index is 11.0. The Bertz CT molecular complexity index is 595. The second-order valence-corrected chi connectivity index (χ2v) is 4.47. The summed E-state index contributed by atoms with van der Waals surface area (Å²) in [6.45, 7) is 6.56. The minimum atomic E-state index is -0.817. The van der Waals surface area contributed by atoms with Crippen molar-refractivity contribution in [3.05, 3.63) is 18.2 Å². The largest absolute Gasteiger partial charge is 0.481 e. The van der Waals surface area contributed by atoms with Crippen LogP contribution in [0.25, 0.3) is 5.65 Å². The Morgan fingerprint density at radius 1 is 1.53 bits per heavy atom. The van der Waals surface area contributed by atoms with E-state index >= 15 is 0 Å². The van der Waals surface area contributed by atoms with E-state index in [1.54, 1.807) is 19.3 Å². The van der Waals surface area contributed by atoms with Crippen molar-refractivity contribution < 1.29 is 9.90 Å². The van der Waals surface area contributed by atoms with Gasteiger partial charge in [-0.25, -0.2) is 4.98 Å². The highest BCUT2D eigenvalue weighted by molar-refractivity contribution is 5.71. The number of carbonyl (C=O) groups is 1. The first-order valence-corrected chi connectivity index (χ1v) is 6.18. The Morgan fingerprint density at radius 3 is 2.89 bits per heavy atom. The van der Waals surface area contributed by atoms with Crippen LogP contribution in [0.2, 0.25) is 0 Å². The normalized spacial score (nSPS) is 12.6. The lowest BCUT2D eigenvalue weighted by Gasteiger charge is -2.23. The number of rotatable bonds is 5. The molecule has 7 nitrogen and oxygen atoms in total. The van der Waals surface area contributed by atoms with Crippen LogP contribution < -0.4 is 4.90 Å². The Balaban J connectivity index is 2.38. The third-order valence-corrected chi connectivity index (χ3v) is 3.08. The van der Waals surface area contributed by atoms with Crippen molar-refractivity contribution in [1.29, 1.82) is 0 Å². The third-order valence-electron chi connectivity index (χ3n) is 3.08. The van der Waals surface area contributed by atoms with Crippen LogP contribution in [0.5, 0.6) is 0 Å². The smallest absolute Gasteiger partial charge is 0.308 e. The first kappa shape index (κ1) is 13.3. The van der Waals surface area contributed by atoms with Crippen LogP contribution >= 0.6 is 0 Å². The summed E-state index contributed by atoms with van der Waals surface area (Å²) in [5.41, 5.74) is 0.652. The predicted molar refractivity (Wildman–Crippen MR) is 70.2 cm³/mol. The maximum atomic E-state index is 11.0. The molecule has 19 heavy (non-hydrogen) atoms. The fraction of sp³-hybridized carbons (Fsp3) is 0.500. The average molecular weight is 263 g/mol. The monoisotopic (exact) mass is 263 g/mol. The van der Waals surface area contributed by atoms with Crippen molar-refractivity contribution in [2.45, 2.75) is 20.8 Å². The van der Waals surface area contributed by atoms with Gasteiger partial charge in [0.05, 0.1) is 5.92 Å². The first-order valence-electron chi connectivity index (χ1n) is 6.18.